The normalized spacial score (nSPS) is 18.2. The molecule has 0 fully saturated rings. The van der Waals surface area contributed by atoms with E-state index in [9.17, 15) is 29.4 Å². The number of aromatic amines is 2. The van der Waals surface area contributed by atoms with Gasteiger partial charge in [0.1, 0.15) is 12.1 Å². The van der Waals surface area contributed by atoms with E-state index in [0.29, 0.717) is 24.0 Å². The molecule has 7 N–H and O–H groups in total. The molecule has 0 aliphatic carbocycles. The van der Waals surface area contributed by atoms with E-state index in [1.165, 1.54) is 14.2 Å². The molecule has 2 aliphatic rings. The summed E-state index contributed by atoms with van der Waals surface area (Å²) in [5, 5.41) is 35.0. The molecule has 0 bridgehead atoms. The minimum Gasteiger partial charge on any atom is -0.481 e. The van der Waals surface area contributed by atoms with Crippen molar-refractivity contribution in [2.45, 2.75) is 43.9 Å². The SMILES string of the molecule is CC(=O)O.COC(=O)c1ccc(C2NC(C(=O)O)Cc3c2[nH]c2ccccc32)cc1.COC(=O)c1ccc(C2NC(C(=O)O)Cc3c2[nH]c2ccccc32)cc1. The van der Waals surface area contributed by atoms with Crippen LogP contribution in [0.3, 0.4) is 0 Å². The van der Waals surface area contributed by atoms with Gasteiger partial charge in [0.2, 0.25) is 0 Å². The van der Waals surface area contributed by atoms with E-state index in [-0.39, 0.29) is 12.1 Å². The summed E-state index contributed by atoms with van der Waals surface area (Å²) in [7, 11) is 2.68. The zero-order valence-electron chi connectivity index (χ0n) is 30.7. The Morgan fingerprint density at radius 2 is 0.893 bits per heavy atom. The zero-order chi connectivity index (χ0) is 40.1. The number of carbonyl (C=O) groups excluding carboxylic acids is 2. The van der Waals surface area contributed by atoms with Gasteiger partial charge in [0, 0.05) is 53.0 Å². The maximum absolute atomic E-state index is 11.6. The minimum atomic E-state index is -0.878. The van der Waals surface area contributed by atoms with Gasteiger partial charge in [0.25, 0.3) is 5.97 Å². The number of para-hydroxylation sites is 2. The van der Waals surface area contributed by atoms with Crippen LogP contribution in [-0.2, 0) is 36.7 Å². The van der Waals surface area contributed by atoms with E-state index < -0.39 is 41.9 Å². The number of carboxylic acids is 3. The Morgan fingerprint density at radius 3 is 1.21 bits per heavy atom. The Labute approximate surface area is 320 Å². The van der Waals surface area contributed by atoms with Crippen LogP contribution >= 0.6 is 0 Å². The largest absolute Gasteiger partial charge is 0.481 e. The molecule has 8 rings (SSSR count). The predicted molar refractivity (Wildman–Crippen MR) is 206 cm³/mol. The number of ether oxygens (including phenoxy) is 2. The van der Waals surface area contributed by atoms with Crippen LogP contribution in [0.2, 0.25) is 0 Å². The van der Waals surface area contributed by atoms with Gasteiger partial charge >= 0.3 is 23.9 Å². The summed E-state index contributed by atoms with van der Waals surface area (Å²) in [4.78, 5) is 62.4. The zero-order valence-corrected chi connectivity index (χ0v) is 30.7. The van der Waals surface area contributed by atoms with E-state index in [0.717, 1.165) is 62.4 Å². The first kappa shape index (κ1) is 38.9. The highest BCUT2D eigenvalue weighted by atomic mass is 16.5. The number of methoxy groups -OCH3 is 2. The van der Waals surface area contributed by atoms with Crippen LogP contribution in [0.4, 0.5) is 0 Å². The first-order chi connectivity index (χ1) is 26.9. The Kier molecular flexibility index (Phi) is 11.6. The molecule has 4 heterocycles. The molecule has 0 saturated carbocycles. The van der Waals surface area contributed by atoms with Gasteiger partial charge < -0.3 is 34.8 Å². The number of hydrogen-bond donors (Lipinski definition) is 7. The second kappa shape index (κ2) is 16.7. The second-order valence-corrected chi connectivity index (χ2v) is 13.3. The number of esters is 2. The number of nitrogens with one attached hydrogen (secondary N) is 4. The fourth-order valence-electron chi connectivity index (χ4n) is 7.17. The van der Waals surface area contributed by atoms with E-state index in [4.69, 9.17) is 19.4 Å². The van der Waals surface area contributed by atoms with Crippen molar-refractivity contribution >= 4 is 51.7 Å². The molecule has 0 spiro atoms. The van der Waals surface area contributed by atoms with Crippen LogP contribution < -0.4 is 10.6 Å². The number of H-pyrrole nitrogens is 2. The summed E-state index contributed by atoms with van der Waals surface area (Å²) in [6.07, 6.45) is 0.844. The number of aliphatic carboxylic acids is 3. The van der Waals surface area contributed by atoms with Crippen molar-refractivity contribution in [3.8, 4) is 0 Å². The van der Waals surface area contributed by atoms with E-state index in [1.54, 1.807) is 24.3 Å². The number of carbonyl (C=O) groups is 5. The van der Waals surface area contributed by atoms with E-state index in [2.05, 4.69) is 20.6 Å². The van der Waals surface area contributed by atoms with Gasteiger partial charge in [0.15, 0.2) is 0 Å². The molecule has 4 unspecified atom stereocenters. The Hall–Kier alpha value is -6.77. The number of aromatic nitrogens is 2. The summed E-state index contributed by atoms with van der Waals surface area (Å²) in [6, 6.07) is 27.9. The lowest BCUT2D eigenvalue weighted by atomic mass is 9.90. The van der Waals surface area contributed by atoms with Gasteiger partial charge in [0.05, 0.1) is 37.4 Å². The number of rotatable bonds is 6. The third-order valence-electron chi connectivity index (χ3n) is 9.75. The lowest BCUT2D eigenvalue weighted by Gasteiger charge is -2.29. The van der Waals surface area contributed by atoms with Crippen LogP contribution in [0.1, 0.15) is 73.4 Å². The summed E-state index contributed by atoms with van der Waals surface area (Å²) in [5.41, 5.74) is 8.64. The molecule has 4 aromatic carbocycles. The van der Waals surface area contributed by atoms with Gasteiger partial charge in [-0.25, -0.2) is 9.59 Å². The quantitative estimate of drug-likeness (QED) is 0.107. The van der Waals surface area contributed by atoms with Crippen molar-refractivity contribution in [2.24, 2.45) is 0 Å². The van der Waals surface area contributed by atoms with Crippen molar-refractivity contribution in [2.75, 3.05) is 14.2 Å². The molecule has 4 atom stereocenters. The smallest absolute Gasteiger partial charge is 0.337 e. The van der Waals surface area contributed by atoms with Crippen LogP contribution in [0.15, 0.2) is 97.1 Å². The van der Waals surface area contributed by atoms with Gasteiger partial charge in [-0.05, 0) is 58.7 Å². The highest BCUT2D eigenvalue weighted by Gasteiger charge is 2.35. The standard InChI is InChI=1S/2C20H18N2O4.C2H4O2/c2*1-26-20(25)12-8-6-11(7-9-12)17-18-14(10-16(22-17)19(23)24)13-4-2-3-5-15(13)21-18;1-2(3)4/h2*2-9,16-17,21-22H,10H2,1H3,(H,23,24);1H3,(H,3,4). The highest BCUT2D eigenvalue weighted by Crippen LogP contribution is 2.37. The van der Waals surface area contributed by atoms with E-state index >= 15 is 0 Å². The molecule has 0 radical (unpaired) electrons. The number of carboxylic acid groups (broad SMARTS) is 3. The maximum atomic E-state index is 11.6. The van der Waals surface area contributed by atoms with Crippen LogP contribution in [0.5, 0.6) is 0 Å². The lowest BCUT2D eigenvalue weighted by Crippen LogP contribution is -2.44. The van der Waals surface area contributed by atoms with Crippen LogP contribution in [0, 0.1) is 0 Å². The Balaban J connectivity index is 0.000000174. The fourth-order valence-corrected chi connectivity index (χ4v) is 7.17. The lowest BCUT2D eigenvalue weighted by molar-refractivity contribution is -0.140. The third-order valence-corrected chi connectivity index (χ3v) is 9.75. The molecule has 14 heteroatoms. The first-order valence-electron chi connectivity index (χ1n) is 17.6. The second-order valence-electron chi connectivity index (χ2n) is 13.3. The molecule has 2 aromatic heterocycles. The van der Waals surface area contributed by atoms with Crippen LogP contribution in [0.25, 0.3) is 21.8 Å². The summed E-state index contributed by atoms with van der Waals surface area (Å²) in [6.45, 7) is 1.08. The molecule has 288 valence electrons. The number of hydrogen-bond acceptors (Lipinski definition) is 9. The van der Waals surface area contributed by atoms with Crippen molar-refractivity contribution in [1.82, 2.24) is 20.6 Å². The summed E-state index contributed by atoms with van der Waals surface area (Å²) >= 11 is 0. The molecule has 2 aliphatic heterocycles. The number of benzene rings is 4. The summed E-state index contributed by atoms with van der Waals surface area (Å²) in [5.74, 6) is -3.39. The minimum absolute atomic E-state index is 0.293. The van der Waals surface area contributed by atoms with Crippen molar-refractivity contribution < 1.29 is 48.8 Å². The molecule has 56 heavy (non-hydrogen) atoms. The highest BCUT2D eigenvalue weighted by molar-refractivity contribution is 5.91. The number of fused-ring (bicyclic) bond motifs is 6. The molecule has 6 aromatic rings. The summed E-state index contributed by atoms with van der Waals surface area (Å²) < 4.78 is 9.46. The fraction of sp³-hybridized carbons (Fsp3) is 0.214. The van der Waals surface area contributed by atoms with Crippen molar-refractivity contribution in [3.05, 3.63) is 142 Å². The first-order valence-corrected chi connectivity index (χ1v) is 17.6. The maximum Gasteiger partial charge on any atom is 0.337 e. The molecule has 0 saturated heterocycles. The predicted octanol–water partition coefficient (Wildman–Crippen LogP) is 5.38. The van der Waals surface area contributed by atoms with Gasteiger partial charge in [-0.15, -0.1) is 0 Å². The van der Waals surface area contributed by atoms with Gasteiger partial charge in [-0.1, -0.05) is 60.7 Å². The Bertz CT molecular complexity index is 2250. The molecule has 0 amide bonds. The van der Waals surface area contributed by atoms with Gasteiger partial charge in [-0.2, -0.15) is 0 Å². The molecular weight excluding hydrogens is 720 g/mol. The average molecular weight is 761 g/mol. The third kappa shape index (κ3) is 8.16. The monoisotopic (exact) mass is 760 g/mol. The molecule has 14 nitrogen and oxygen atoms in total. The van der Waals surface area contributed by atoms with Crippen molar-refractivity contribution in [3.63, 3.8) is 0 Å². The Morgan fingerprint density at radius 1 is 0.554 bits per heavy atom. The van der Waals surface area contributed by atoms with Crippen molar-refractivity contribution in [1.29, 1.82) is 0 Å². The van der Waals surface area contributed by atoms with Gasteiger partial charge in [-0.3, -0.25) is 25.0 Å². The topological polar surface area (TPSA) is 220 Å². The van der Waals surface area contributed by atoms with E-state index in [1.807, 2.05) is 72.8 Å². The van der Waals surface area contributed by atoms with Crippen LogP contribution in [-0.4, -0.2) is 81.4 Å². The average Bonchev–Trinajstić information content (AvgIpc) is 3.78. The molecular formula is C42H40N4O10.